The lowest BCUT2D eigenvalue weighted by Gasteiger charge is -2.12. The molecule has 0 saturated heterocycles. The van der Waals surface area contributed by atoms with Gasteiger partial charge in [-0.1, -0.05) is 12.1 Å². The molecule has 8 nitrogen and oxygen atoms in total. The number of hydrogen-bond donors (Lipinski definition) is 3. The average Bonchev–Trinajstić information content (AvgIpc) is 2.56. The molecule has 0 aromatic heterocycles. The van der Waals surface area contributed by atoms with E-state index in [4.69, 9.17) is 0 Å². The van der Waals surface area contributed by atoms with E-state index in [0.29, 0.717) is 22.6 Å². The normalized spacial score (nSPS) is 10.1. The lowest BCUT2D eigenvalue weighted by Crippen LogP contribution is -2.22. The van der Waals surface area contributed by atoms with Crippen LogP contribution in [0.3, 0.4) is 0 Å². The highest BCUT2D eigenvalue weighted by Gasteiger charge is 2.12. The van der Waals surface area contributed by atoms with E-state index in [1.807, 2.05) is 13.0 Å². The Hall–Kier alpha value is -3.42. The quantitative estimate of drug-likeness (QED) is 0.543. The van der Waals surface area contributed by atoms with Gasteiger partial charge in [0.05, 0.1) is 11.5 Å². The topological polar surface area (TPSA) is 113 Å². The minimum atomic E-state index is -0.486. The molecule has 0 aliphatic heterocycles. The van der Waals surface area contributed by atoms with Crippen LogP contribution < -0.4 is 16.0 Å². The molecule has 0 spiro atoms. The summed E-state index contributed by atoms with van der Waals surface area (Å²) in [5, 5.41) is 19.3. The fraction of sp³-hybridized carbons (Fsp3) is 0.222. The number of nitrogens with one attached hydrogen (secondary N) is 3. The molecule has 2 aromatic carbocycles. The third-order valence-electron chi connectivity index (χ3n) is 3.69. The number of nitrogens with zero attached hydrogens (tertiary/aromatic N) is 1. The van der Waals surface area contributed by atoms with E-state index in [1.165, 1.54) is 13.0 Å². The standard InChI is InChI=1S/C18H20N4O4/c1-11-4-6-14(20-13(3)23)8-16(11)19-10-18(24)21-15-7-5-12(2)17(9-15)22(25)26/h4-9,19H,10H2,1-3H3,(H,20,23)(H,21,24). The van der Waals surface area contributed by atoms with Crippen LogP contribution in [0, 0.1) is 24.0 Å². The van der Waals surface area contributed by atoms with E-state index < -0.39 is 4.92 Å². The maximum atomic E-state index is 12.1. The van der Waals surface area contributed by atoms with Crippen LogP contribution in [0.25, 0.3) is 0 Å². The predicted molar refractivity (Wildman–Crippen MR) is 100 cm³/mol. The Labute approximate surface area is 150 Å². The maximum absolute atomic E-state index is 12.1. The van der Waals surface area contributed by atoms with Crippen molar-refractivity contribution < 1.29 is 14.5 Å². The molecule has 0 saturated carbocycles. The lowest BCUT2D eigenvalue weighted by atomic mass is 10.1. The van der Waals surface area contributed by atoms with Crippen LogP contribution in [-0.2, 0) is 9.59 Å². The fourth-order valence-electron chi connectivity index (χ4n) is 2.36. The van der Waals surface area contributed by atoms with E-state index in [0.717, 1.165) is 5.56 Å². The maximum Gasteiger partial charge on any atom is 0.274 e. The number of nitro groups is 1. The molecular formula is C18H20N4O4. The predicted octanol–water partition coefficient (Wildman–Crippen LogP) is 3.22. The summed E-state index contributed by atoms with van der Waals surface area (Å²) in [6.45, 7) is 4.91. The van der Waals surface area contributed by atoms with E-state index in [9.17, 15) is 19.7 Å². The number of nitro benzene ring substituents is 1. The van der Waals surface area contributed by atoms with Crippen LogP contribution in [0.1, 0.15) is 18.1 Å². The third-order valence-corrected chi connectivity index (χ3v) is 3.69. The molecule has 0 atom stereocenters. The van der Waals surface area contributed by atoms with Crippen LogP contribution in [0.15, 0.2) is 36.4 Å². The molecule has 2 aromatic rings. The smallest absolute Gasteiger partial charge is 0.274 e. The van der Waals surface area contributed by atoms with Gasteiger partial charge in [-0.2, -0.15) is 0 Å². The summed E-state index contributed by atoms with van der Waals surface area (Å²) in [6.07, 6.45) is 0. The molecule has 0 unspecified atom stereocenters. The number of rotatable bonds is 6. The molecule has 0 aliphatic carbocycles. The highest BCUT2D eigenvalue weighted by molar-refractivity contribution is 5.94. The van der Waals surface area contributed by atoms with Crippen molar-refractivity contribution in [3.8, 4) is 0 Å². The summed E-state index contributed by atoms with van der Waals surface area (Å²) in [7, 11) is 0. The first kappa shape index (κ1) is 18.9. The largest absolute Gasteiger partial charge is 0.376 e. The molecule has 0 radical (unpaired) electrons. The molecule has 0 heterocycles. The van der Waals surface area contributed by atoms with Gasteiger partial charge < -0.3 is 16.0 Å². The van der Waals surface area contributed by atoms with Crippen molar-refractivity contribution in [1.82, 2.24) is 0 Å². The molecule has 2 rings (SSSR count). The van der Waals surface area contributed by atoms with Gasteiger partial charge in [-0.05, 0) is 37.6 Å². The summed E-state index contributed by atoms with van der Waals surface area (Å²) in [6, 6.07) is 9.87. The number of aryl methyl sites for hydroxylation is 2. The first-order valence-electron chi connectivity index (χ1n) is 7.93. The number of hydrogen-bond acceptors (Lipinski definition) is 5. The first-order chi connectivity index (χ1) is 12.3. The molecule has 0 bridgehead atoms. The van der Waals surface area contributed by atoms with Gasteiger partial charge in [-0.3, -0.25) is 19.7 Å². The number of benzene rings is 2. The first-order valence-corrected chi connectivity index (χ1v) is 7.93. The summed E-state index contributed by atoms with van der Waals surface area (Å²) >= 11 is 0. The summed E-state index contributed by atoms with van der Waals surface area (Å²) in [5.74, 6) is -0.522. The zero-order chi connectivity index (χ0) is 19.3. The van der Waals surface area contributed by atoms with Crippen LogP contribution in [-0.4, -0.2) is 23.3 Å². The van der Waals surface area contributed by atoms with E-state index in [1.54, 1.807) is 31.2 Å². The second kappa shape index (κ2) is 8.11. The van der Waals surface area contributed by atoms with Crippen LogP contribution in [0.2, 0.25) is 0 Å². The van der Waals surface area contributed by atoms with Gasteiger partial charge >= 0.3 is 0 Å². The summed E-state index contributed by atoms with van der Waals surface area (Å²) < 4.78 is 0. The van der Waals surface area contributed by atoms with E-state index in [-0.39, 0.29) is 24.0 Å². The van der Waals surface area contributed by atoms with Crippen molar-refractivity contribution in [1.29, 1.82) is 0 Å². The van der Waals surface area contributed by atoms with E-state index >= 15 is 0 Å². The molecule has 0 aliphatic rings. The minimum absolute atomic E-state index is 0.0218. The van der Waals surface area contributed by atoms with Crippen LogP contribution >= 0.6 is 0 Å². The van der Waals surface area contributed by atoms with Gasteiger partial charge in [-0.25, -0.2) is 0 Å². The lowest BCUT2D eigenvalue weighted by molar-refractivity contribution is -0.385. The van der Waals surface area contributed by atoms with Crippen molar-refractivity contribution in [2.75, 3.05) is 22.5 Å². The number of anilines is 3. The van der Waals surface area contributed by atoms with Crippen LogP contribution in [0.5, 0.6) is 0 Å². The van der Waals surface area contributed by atoms with Gasteiger partial charge in [-0.15, -0.1) is 0 Å². The zero-order valence-corrected chi connectivity index (χ0v) is 14.8. The second-order valence-corrected chi connectivity index (χ2v) is 5.87. The number of carbonyl (C=O) groups excluding carboxylic acids is 2. The summed E-state index contributed by atoms with van der Waals surface area (Å²) in [5.41, 5.74) is 3.09. The Morgan fingerprint density at radius 2 is 1.62 bits per heavy atom. The Morgan fingerprint density at radius 3 is 2.23 bits per heavy atom. The fourth-order valence-corrected chi connectivity index (χ4v) is 2.36. The van der Waals surface area contributed by atoms with Gasteiger partial charge in [0.25, 0.3) is 5.69 Å². The van der Waals surface area contributed by atoms with Crippen molar-refractivity contribution in [2.24, 2.45) is 0 Å². The number of carbonyl (C=O) groups is 2. The zero-order valence-electron chi connectivity index (χ0n) is 14.8. The van der Waals surface area contributed by atoms with E-state index in [2.05, 4.69) is 16.0 Å². The van der Waals surface area contributed by atoms with Gasteiger partial charge in [0.2, 0.25) is 11.8 Å². The molecular weight excluding hydrogens is 336 g/mol. The molecule has 8 heteroatoms. The Morgan fingerprint density at radius 1 is 1.00 bits per heavy atom. The minimum Gasteiger partial charge on any atom is -0.376 e. The number of amides is 2. The van der Waals surface area contributed by atoms with Crippen LogP contribution in [0.4, 0.5) is 22.7 Å². The molecule has 2 amide bonds. The van der Waals surface area contributed by atoms with Gasteiger partial charge in [0.1, 0.15) is 0 Å². The monoisotopic (exact) mass is 356 g/mol. The molecule has 136 valence electrons. The van der Waals surface area contributed by atoms with Crippen molar-refractivity contribution in [2.45, 2.75) is 20.8 Å². The molecule has 3 N–H and O–H groups in total. The summed E-state index contributed by atoms with van der Waals surface area (Å²) in [4.78, 5) is 33.7. The molecule has 26 heavy (non-hydrogen) atoms. The highest BCUT2D eigenvalue weighted by Crippen LogP contribution is 2.23. The van der Waals surface area contributed by atoms with Gasteiger partial charge in [0.15, 0.2) is 0 Å². The molecule has 0 fully saturated rings. The van der Waals surface area contributed by atoms with Gasteiger partial charge in [0, 0.05) is 35.6 Å². The third kappa shape index (κ3) is 5.04. The van der Waals surface area contributed by atoms with Crippen molar-refractivity contribution >= 4 is 34.6 Å². The van der Waals surface area contributed by atoms with Crippen molar-refractivity contribution in [3.63, 3.8) is 0 Å². The Bertz CT molecular complexity index is 864. The second-order valence-electron chi connectivity index (χ2n) is 5.87. The Kier molecular flexibility index (Phi) is 5.90. The SMILES string of the molecule is CC(=O)Nc1ccc(C)c(NCC(=O)Nc2ccc(C)c([N+](=O)[O-])c2)c1. The highest BCUT2D eigenvalue weighted by atomic mass is 16.6. The average molecular weight is 356 g/mol. The Balaban J connectivity index is 2.02. The van der Waals surface area contributed by atoms with Crippen molar-refractivity contribution in [3.05, 3.63) is 57.6 Å².